The van der Waals surface area contributed by atoms with Crippen LogP contribution in [0.25, 0.3) is 0 Å². The molecule has 0 aromatic heterocycles. The molecule has 0 N–H and O–H groups in total. The van der Waals surface area contributed by atoms with Gasteiger partial charge in [0.15, 0.2) is 28.7 Å². The second-order valence-electron chi connectivity index (χ2n) is 8.03. The molecule has 0 aliphatic carbocycles. The van der Waals surface area contributed by atoms with Crippen LogP contribution in [0.1, 0.15) is 22.3 Å². The second kappa shape index (κ2) is 11.9. The normalized spacial score (nSPS) is 12.5. The van der Waals surface area contributed by atoms with E-state index in [0.29, 0.717) is 12.4 Å². The van der Waals surface area contributed by atoms with E-state index in [2.05, 4.69) is 51.8 Å². The zero-order valence-electron chi connectivity index (χ0n) is 19.9. The number of ether oxygens (including phenoxy) is 4. The summed E-state index contributed by atoms with van der Waals surface area (Å²) in [5.74, 6) is 2.94. The standard InChI is InChI=1S/C27H29BrNO4.HI/c1-29-11-10-19-13-25(31-3)27(33-17-18-8-6-5-7-9-18)15-21(19)23(29)12-20-14-24(30-2)26(32-4)16-22(20)28;/h5-9,13-16H,10-12,17H2,1-4H3;1H/q+1;/p-1. The minimum Gasteiger partial charge on any atom is -1.00 e. The van der Waals surface area contributed by atoms with Gasteiger partial charge in [-0.15, -0.1) is 0 Å². The molecule has 1 aliphatic heterocycles. The smallest absolute Gasteiger partial charge is 0.187 e. The van der Waals surface area contributed by atoms with E-state index in [1.54, 1.807) is 21.3 Å². The van der Waals surface area contributed by atoms with Crippen molar-refractivity contribution in [3.63, 3.8) is 0 Å². The monoisotopic (exact) mass is 637 g/mol. The predicted molar refractivity (Wildman–Crippen MR) is 134 cm³/mol. The Hall–Kier alpha value is -2.26. The zero-order valence-corrected chi connectivity index (χ0v) is 23.6. The molecule has 5 nitrogen and oxygen atoms in total. The fourth-order valence-electron chi connectivity index (χ4n) is 4.16. The van der Waals surface area contributed by atoms with Crippen molar-refractivity contribution in [2.24, 2.45) is 0 Å². The maximum atomic E-state index is 6.20. The van der Waals surface area contributed by atoms with Gasteiger partial charge in [-0.3, -0.25) is 0 Å². The van der Waals surface area contributed by atoms with E-state index in [0.717, 1.165) is 52.2 Å². The molecule has 0 spiro atoms. The second-order valence-corrected chi connectivity index (χ2v) is 8.88. The first kappa shape index (κ1) is 26.3. The van der Waals surface area contributed by atoms with Crippen molar-refractivity contribution < 1.29 is 47.5 Å². The van der Waals surface area contributed by atoms with Crippen molar-refractivity contribution in [1.82, 2.24) is 0 Å². The molecule has 0 atom stereocenters. The molecule has 0 amide bonds. The third kappa shape index (κ3) is 5.68. The molecule has 1 aliphatic rings. The molecule has 0 unspecified atom stereocenters. The molecule has 0 saturated carbocycles. The minimum atomic E-state index is 0. The van der Waals surface area contributed by atoms with Gasteiger partial charge in [0.2, 0.25) is 0 Å². The Kier molecular flexibility index (Phi) is 9.24. The van der Waals surface area contributed by atoms with Crippen molar-refractivity contribution in [2.45, 2.75) is 19.4 Å². The number of fused-ring (bicyclic) bond motifs is 1. The molecule has 7 heteroatoms. The summed E-state index contributed by atoms with van der Waals surface area (Å²) >= 11 is 3.71. The Balaban J connectivity index is 0.00000324. The first-order valence-electron chi connectivity index (χ1n) is 10.9. The number of rotatable bonds is 8. The number of methoxy groups -OCH3 is 3. The first-order valence-corrected chi connectivity index (χ1v) is 11.7. The number of benzene rings is 3. The SMILES string of the molecule is COc1cc(Br)c(CC2=[N+](C)CCc3cc(OC)c(OCc4ccccc4)cc32)cc1OC.[I-]. The Bertz CT molecular complexity index is 1180. The highest BCUT2D eigenvalue weighted by Gasteiger charge is 2.27. The summed E-state index contributed by atoms with van der Waals surface area (Å²) in [6.45, 7) is 1.43. The lowest BCUT2D eigenvalue weighted by Gasteiger charge is -2.21. The quantitative estimate of drug-likeness (QED) is 0.281. The highest BCUT2D eigenvalue weighted by atomic mass is 127. The van der Waals surface area contributed by atoms with E-state index in [1.807, 2.05) is 30.3 Å². The average molecular weight is 638 g/mol. The largest absolute Gasteiger partial charge is 1.00 e. The highest BCUT2D eigenvalue weighted by molar-refractivity contribution is 9.10. The number of hydrogen-bond donors (Lipinski definition) is 0. The van der Waals surface area contributed by atoms with E-state index in [1.165, 1.54) is 16.8 Å². The van der Waals surface area contributed by atoms with Gasteiger partial charge in [0, 0.05) is 16.5 Å². The maximum absolute atomic E-state index is 6.20. The Morgan fingerprint density at radius 1 is 0.853 bits per heavy atom. The summed E-state index contributed by atoms with van der Waals surface area (Å²) in [5, 5.41) is 0. The van der Waals surface area contributed by atoms with E-state index < -0.39 is 0 Å². The summed E-state index contributed by atoms with van der Waals surface area (Å²) in [6.07, 6.45) is 1.70. The van der Waals surface area contributed by atoms with Crippen molar-refractivity contribution in [2.75, 3.05) is 34.9 Å². The van der Waals surface area contributed by atoms with Crippen LogP contribution in [0.2, 0.25) is 0 Å². The number of nitrogens with zero attached hydrogens (tertiary/aromatic N) is 1. The van der Waals surface area contributed by atoms with Gasteiger partial charge in [-0.1, -0.05) is 46.3 Å². The number of hydrogen-bond acceptors (Lipinski definition) is 4. The first-order chi connectivity index (χ1) is 16.0. The molecular weight excluding hydrogens is 609 g/mol. The fraction of sp³-hybridized carbons (Fsp3) is 0.296. The molecule has 3 aromatic rings. The van der Waals surface area contributed by atoms with Crippen LogP contribution in [-0.4, -0.2) is 45.2 Å². The van der Waals surface area contributed by atoms with Crippen LogP contribution < -0.4 is 42.9 Å². The lowest BCUT2D eigenvalue weighted by molar-refractivity contribution is -0.498. The van der Waals surface area contributed by atoms with Crippen LogP contribution in [0, 0.1) is 0 Å². The molecule has 180 valence electrons. The van der Waals surface area contributed by atoms with Gasteiger partial charge in [0.1, 0.15) is 20.2 Å². The van der Waals surface area contributed by atoms with E-state index >= 15 is 0 Å². The molecule has 0 fully saturated rings. The van der Waals surface area contributed by atoms with Crippen molar-refractivity contribution >= 4 is 21.6 Å². The van der Waals surface area contributed by atoms with Gasteiger partial charge >= 0.3 is 0 Å². The number of likely N-dealkylation sites (N-methyl/N-ethyl adjacent to an activating group) is 1. The highest BCUT2D eigenvalue weighted by Crippen LogP contribution is 2.36. The molecule has 34 heavy (non-hydrogen) atoms. The van der Waals surface area contributed by atoms with Crippen LogP contribution in [0.4, 0.5) is 0 Å². The lowest BCUT2D eigenvalue weighted by Crippen LogP contribution is -3.00. The van der Waals surface area contributed by atoms with Gasteiger partial charge in [0.25, 0.3) is 0 Å². The summed E-state index contributed by atoms with van der Waals surface area (Å²) in [5.41, 5.74) is 5.94. The third-order valence-corrected chi connectivity index (χ3v) is 6.76. The molecule has 0 bridgehead atoms. The molecular formula is C27H29BrINO4. The predicted octanol–water partition coefficient (Wildman–Crippen LogP) is 2.29. The van der Waals surface area contributed by atoms with Crippen molar-refractivity contribution in [3.05, 3.63) is 81.3 Å². The van der Waals surface area contributed by atoms with Gasteiger partial charge in [0.05, 0.1) is 27.8 Å². The Morgan fingerprint density at radius 3 is 2.18 bits per heavy atom. The summed E-state index contributed by atoms with van der Waals surface area (Å²) in [7, 11) is 7.14. The Morgan fingerprint density at radius 2 is 1.50 bits per heavy atom. The van der Waals surface area contributed by atoms with Crippen LogP contribution in [0.15, 0.2) is 59.1 Å². The fourth-order valence-corrected chi connectivity index (χ4v) is 4.62. The van der Waals surface area contributed by atoms with Gasteiger partial charge in [-0.2, -0.15) is 0 Å². The summed E-state index contributed by atoms with van der Waals surface area (Å²) in [4.78, 5) is 0. The average Bonchev–Trinajstić information content (AvgIpc) is 2.85. The van der Waals surface area contributed by atoms with Gasteiger partial charge < -0.3 is 42.9 Å². The topological polar surface area (TPSA) is 39.9 Å². The van der Waals surface area contributed by atoms with Gasteiger partial charge in [-0.25, -0.2) is 4.58 Å². The maximum Gasteiger partial charge on any atom is 0.187 e. The third-order valence-electron chi connectivity index (χ3n) is 6.03. The molecule has 3 aromatic carbocycles. The molecule has 0 saturated heterocycles. The van der Waals surface area contributed by atoms with Crippen LogP contribution in [0.3, 0.4) is 0 Å². The van der Waals surface area contributed by atoms with Crippen LogP contribution in [0.5, 0.6) is 23.0 Å². The van der Waals surface area contributed by atoms with Crippen molar-refractivity contribution in [3.8, 4) is 23.0 Å². The van der Waals surface area contributed by atoms with E-state index in [9.17, 15) is 0 Å². The Labute approximate surface area is 226 Å². The lowest BCUT2D eigenvalue weighted by atomic mass is 9.92. The molecule has 4 rings (SSSR count). The van der Waals surface area contributed by atoms with Crippen LogP contribution in [-0.2, 0) is 19.4 Å². The minimum absolute atomic E-state index is 0. The molecule has 1 heterocycles. The number of halogens is 2. The van der Waals surface area contributed by atoms with E-state index in [4.69, 9.17) is 18.9 Å². The van der Waals surface area contributed by atoms with Crippen molar-refractivity contribution in [1.29, 1.82) is 0 Å². The van der Waals surface area contributed by atoms with Gasteiger partial charge in [-0.05, 0) is 41.0 Å². The van der Waals surface area contributed by atoms with Crippen LogP contribution >= 0.6 is 15.9 Å². The summed E-state index contributed by atoms with van der Waals surface area (Å²) < 4.78 is 26.2. The van der Waals surface area contributed by atoms with E-state index in [-0.39, 0.29) is 24.0 Å². The zero-order chi connectivity index (χ0) is 23.4. The summed E-state index contributed by atoms with van der Waals surface area (Å²) in [6, 6.07) is 18.4. The molecule has 0 radical (unpaired) electrons.